The van der Waals surface area contributed by atoms with Crippen molar-refractivity contribution in [2.45, 2.75) is 0 Å². The van der Waals surface area contributed by atoms with E-state index in [1.807, 2.05) is 0 Å². The largest absolute Gasteiger partial charge is 0.400 e. The van der Waals surface area contributed by atoms with Gasteiger partial charge in [0.2, 0.25) is 0 Å². The van der Waals surface area contributed by atoms with Gasteiger partial charge >= 0.3 is 0 Å². The molecule has 0 saturated heterocycles. The van der Waals surface area contributed by atoms with Crippen LogP contribution in [0.1, 0.15) is 0 Å². The number of benzene rings is 2. The number of hydrogen-bond donors (Lipinski definition) is 1. The van der Waals surface area contributed by atoms with E-state index in [2.05, 4.69) is 0 Å². The Hall–Kier alpha value is -1.81. The molecule has 0 aliphatic heterocycles. The van der Waals surface area contributed by atoms with E-state index in [1.54, 1.807) is 6.07 Å². The zero-order valence-corrected chi connectivity index (χ0v) is 9.12. The van der Waals surface area contributed by atoms with Crippen LogP contribution in [-0.2, 0) is 0 Å². The molecule has 0 spiro atoms. The molecule has 0 radical (unpaired) electrons. The minimum absolute atomic E-state index is 0.0619. The highest BCUT2D eigenvalue weighted by atomic mass is 19.2. The van der Waals surface area contributed by atoms with Gasteiger partial charge in [-0.2, -0.15) is 0 Å². The number of halogens is 3. The lowest BCUT2D eigenvalue weighted by Gasteiger charge is -2.04. The smallest absolute Gasteiger partial charge is 0.166 e. The van der Waals surface area contributed by atoms with Gasteiger partial charge in [0, 0.05) is 18.2 Å². The number of hydrogen-bond acceptors (Lipinski definition) is 1. The Morgan fingerprint density at radius 2 is 1.24 bits per heavy atom. The molecule has 0 bridgehead atoms. The zero-order chi connectivity index (χ0) is 12.8. The SMILES string of the molecule is CO.Fc1ccccc1-c1cccc(F)c1F. The highest BCUT2D eigenvalue weighted by molar-refractivity contribution is 5.64. The molecule has 1 N–H and O–H groups in total. The molecular formula is C13H11F3O. The van der Waals surface area contributed by atoms with E-state index >= 15 is 0 Å². The van der Waals surface area contributed by atoms with Crippen molar-refractivity contribution in [2.75, 3.05) is 7.11 Å². The Morgan fingerprint density at radius 3 is 1.88 bits per heavy atom. The number of aliphatic hydroxyl groups excluding tert-OH is 1. The predicted octanol–water partition coefficient (Wildman–Crippen LogP) is 3.38. The Kier molecular flexibility index (Phi) is 4.72. The predicted molar refractivity (Wildman–Crippen MR) is 59.9 cm³/mol. The molecule has 4 heteroatoms. The first kappa shape index (κ1) is 13.3. The van der Waals surface area contributed by atoms with Crippen LogP contribution in [0.3, 0.4) is 0 Å². The molecule has 0 fully saturated rings. The fourth-order valence-electron chi connectivity index (χ4n) is 1.39. The van der Waals surface area contributed by atoms with Gasteiger partial charge in [-0.05, 0) is 12.1 Å². The molecule has 1 nitrogen and oxygen atoms in total. The third-order valence-corrected chi connectivity index (χ3v) is 2.12. The van der Waals surface area contributed by atoms with Crippen LogP contribution in [0.2, 0.25) is 0 Å². The molecule has 2 aromatic carbocycles. The molecule has 0 unspecified atom stereocenters. The maximum atomic E-state index is 13.3. The van der Waals surface area contributed by atoms with E-state index in [-0.39, 0.29) is 11.1 Å². The third-order valence-electron chi connectivity index (χ3n) is 2.12. The van der Waals surface area contributed by atoms with Gasteiger partial charge in [-0.1, -0.05) is 30.3 Å². The quantitative estimate of drug-likeness (QED) is 0.810. The summed E-state index contributed by atoms with van der Waals surface area (Å²) < 4.78 is 39.5. The molecule has 0 aliphatic carbocycles. The number of aliphatic hydroxyl groups is 1. The Balaban J connectivity index is 0.000000686. The van der Waals surface area contributed by atoms with Crippen molar-refractivity contribution in [1.29, 1.82) is 0 Å². The van der Waals surface area contributed by atoms with E-state index in [0.717, 1.165) is 13.2 Å². The molecule has 0 amide bonds. The average molecular weight is 240 g/mol. The summed E-state index contributed by atoms with van der Waals surface area (Å²) in [5, 5.41) is 7.00. The Morgan fingerprint density at radius 1 is 0.706 bits per heavy atom. The average Bonchev–Trinajstić information content (AvgIpc) is 2.36. The second kappa shape index (κ2) is 6.06. The standard InChI is InChI=1S/C12H7F3.CH4O/c13-10-6-2-1-4-8(10)9-5-3-7-11(14)12(9)15;1-2/h1-7H;2H,1H3. The first-order valence-corrected chi connectivity index (χ1v) is 4.84. The summed E-state index contributed by atoms with van der Waals surface area (Å²) >= 11 is 0. The monoisotopic (exact) mass is 240 g/mol. The summed E-state index contributed by atoms with van der Waals surface area (Å²) in [7, 11) is 1.00. The van der Waals surface area contributed by atoms with Gasteiger partial charge in [-0.25, -0.2) is 13.2 Å². The highest BCUT2D eigenvalue weighted by Crippen LogP contribution is 2.26. The summed E-state index contributed by atoms with van der Waals surface area (Å²) in [5.74, 6) is -2.57. The van der Waals surface area contributed by atoms with Crippen molar-refractivity contribution < 1.29 is 18.3 Å². The van der Waals surface area contributed by atoms with Crippen LogP contribution < -0.4 is 0 Å². The van der Waals surface area contributed by atoms with E-state index in [9.17, 15) is 13.2 Å². The molecule has 0 aliphatic rings. The molecule has 0 saturated carbocycles. The summed E-state index contributed by atoms with van der Waals surface area (Å²) in [5.41, 5.74) is 0.00241. The van der Waals surface area contributed by atoms with Gasteiger partial charge in [-0.15, -0.1) is 0 Å². The Labute approximate surface area is 97.2 Å². The van der Waals surface area contributed by atoms with Crippen LogP contribution >= 0.6 is 0 Å². The van der Waals surface area contributed by atoms with Gasteiger partial charge in [0.1, 0.15) is 5.82 Å². The van der Waals surface area contributed by atoms with Crippen molar-refractivity contribution >= 4 is 0 Å². The number of rotatable bonds is 1. The minimum Gasteiger partial charge on any atom is -0.400 e. The molecule has 2 aromatic rings. The van der Waals surface area contributed by atoms with Crippen molar-refractivity contribution in [2.24, 2.45) is 0 Å². The lowest BCUT2D eigenvalue weighted by molar-refractivity contribution is 0.399. The lowest BCUT2D eigenvalue weighted by Crippen LogP contribution is -1.91. The molecule has 2 rings (SSSR count). The van der Waals surface area contributed by atoms with E-state index in [0.29, 0.717) is 0 Å². The van der Waals surface area contributed by atoms with Crippen LogP contribution in [0.5, 0.6) is 0 Å². The van der Waals surface area contributed by atoms with Gasteiger partial charge in [0.05, 0.1) is 0 Å². The van der Waals surface area contributed by atoms with E-state index < -0.39 is 17.5 Å². The molecule has 0 heterocycles. The van der Waals surface area contributed by atoms with Crippen molar-refractivity contribution in [3.05, 3.63) is 59.9 Å². The fourth-order valence-corrected chi connectivity index (χ4v) is 1.39. The summed E-state index contributed by atoms with van der Waals surface area (Å²) in [6.07, 6.45) is 0. The summed E-state index contributed by atoms with van der Waals surface area (Å²) in [6.45, 7) is 0. The summed E-state index contributed by atoms with van der Waals surface area (Å²) in [6, 6.07) is 9.38. The first-order valence-electron chi connectivity index (χ1n) is 4.84. The summed E-state index contributed by atoms with van der Waals surface area (Å²) in [4.78, 5) is 0. The third kappa shape index (κ3) is 2.85. The van der Waals surface area contributed by atoms with E-state index in [4.69, 9.17) is 5.11 Å². The highest BCUT2D eigenvalue weighted by Gasteiger charge is 2.12. The topological polar surface area (TPSA) is 20.2 Å². The van der Waals surface area contributed by atoms with Crippen LogP contribution in [0, 0.1) is 17.5 Å². The molecule has 17 heavy (non-hydrogen) atoms. The van der Waals surface area contributed by atoms with Crippen LogP contribution in [0.25, 0.3) is 11.1 Å². The lowest BCUT2D eigenvalue weighted by atomic mass is 10.0. The maximum absolute atomic E-state index is 13.3. The molecule has 90 valence electrons. The molecular weight excluding hydrogens is 229 g/mol. The first-order chi connectivity index (χ1) is 8.20. The van der Waals surface area contributed by atoms with Gasteiger partial charge in [-0.3, -0.25) is 0 Å². The fraction of sp³-hybridized carbons (Fsp3) is 0.0769. The van der Waals surface area contributed by atoms with Crippen molar-refractivity contribution in [3.8, 4) is 11.1 Å². The minimum atomic E-state index is -1.03. The molecule has 0 aromatic heterocycles. The zero-order valence-electron chi connectivity index (χ0n) is 9.12. The molecule has 0 atom stereocenters. The van der Waals surface area contributed by atoms with Crippen LogP contribution in [-0.4, -0.2) is 12.2 Å². The van der Waals surface area contributed by atoms with Gasteiger partial charge < -0.3 is 5.11 Å². The maximum Gasteiger partial charge on any atom is 0.166 e. The second-order valence-electron chi connectivity index (χ2n) is 3.08. The van der Waals surface area contributed by atoms with E-state index in [1.165, 1.54) is 30.3 Å². The van der Waals surface area contributed by atoms with Gasteiger partial charge in [0.25, 0.3) is 0 Å². The Bertz CT molecular complexity index is 498. The van der Waals surface area contributed by atoms with Crippen LogP contribution in [0.15, 0.2) is 42.5 Å². The normalized spacial score (nSPS) is 9.47. The van der Waals surface area contributed by atoms with Crippen LogP contribution in [0.4, 0.5) is 13.2 Å². The van der Waals surface area contributed by atoms with Crippen molar-refractivity contribution in [3.63, 3.8) is 0 Å². The van der Waals surface area contributed by atoms with Crippen molar-refractivity contribution in [1.82, 2.24) is 0 Å². The van der Waals surface area contributed by atoms with Gasteiger partial charge in [0.15, 0.2) is 11.6 Å². The second-order valence-corrected chi connectivity index (χ2v) is 3.08.